The van der Waals surface area contributed by atoms with Gasteiger partial charge in [0.25, 0.3) is 11.8 Å². The Hall–Kier alpha value is -3.36. The molecule has 0 aliphatic carbocycles. The molecule has 1 unspecified atom stereocenters. The number of ether oxygens (including phenoxy) is 3. The molecular formula is C29H34Cl2F5N3O6. The molecule has 0 aliphatic rings. The minimum Gasteiger partial charge on any atom is -0.493 e. The lowest BCUT2D eigenvalue weighted by atomic mass is 9.78. The van der Waals surface area contributed by atoms with Gasteiger partial charge >= 0.3 is 12.1 Å². The first kappa shape index (κ1) is 37.8. The Morgan fingerprint density at radius 2 is 1.53 bits per heavy atom. The maximum Gasteiger partial charge on any atom is 0.390 e. The van der Waals surface area contributed by atoms with Crippen molar-refractivity contribution in [3.8, 4) is 17.2 Å². The smallest absolute Gasteiger partial charge is 0.390 e. The van der Waals surface area contributed by atoms with Crippen LogP contribution in [0.3, 0.4) is 0 Å². The summed E-state index contributed by atoms with van der Waals surface area (Å²) in [5.74, 6) is -11.3. The van der Waals surface area contributed by atoms with E-state index in [1.807, 2.05) is 0 Å². The number of alkyl halides is 5. The third-order valence-corrected chi connectivity index (χ3v) is 7.08. The van der Waals surface area contributed by atoms with Crippen molar-refractivity contribution in [3.63, 3.8) is 0 Å². The SMILES string of the molecule is COc1ccc(C[C@H](NC(=O)COc2cc(Cl)cc(Cl)c2)C(N)[C@@H](C(=O)C(F)(F)C(=O)NCCC(F)(F)F)C(C)C)cc1OC. The molecule has 4 N–H and O–H groups in total. The lowest BCUT2D eigenvalue weighted by Crippen LogP contribution is -2.60. The van der Waals surface area contributed by atoms with Crippen molar-refractivity contribution in [2.75, 3.05) is 27.4 Å². The van der Waals surface area contributed by atoms with E-state index in [0.29, 0.717) is 17.1 Å². The van der Waals surface area contributed by atoms with E-state index < -0.39 is 73.2 Å². The van der Waals surface area contributed by atoms with Gasteiger partial charge in [-0.1, -0.05) is 43.1 Å². The van der Waals surface area contributed by atoms with Gasteiger partial charge in [0.2, 0.25) is 5.78 Å². The van der Waals surface area contributed by atoms with Crippen LogP contribution in [0.5, 0.6) is 17.2 Å². The number of rotatable bonds is 16. The standard InChI is InChI=1S/C29H34Cl2F5N3O6/c1-15(2)24(26(41)29(35,36)27(42)38-8-7-28(32,33)34)25(37)20(9-16-5-6-21(43-3)22(10-16)44-4)39-23(40)14-45-19-12-17(30)11-18(31)13-19/h5-6,10-13,15,20,24-25H,7-9,14,37H2,1-4H3,(H,38,42)(H,39,40)/t20-,24-,25?/m0/s1. The molecule has 2 aromatic rings. The zero-order chi connectivity index (χ0) is 34.1. The maximum absolute atomic E-state index is 15.1. The second-order valence-electron chi connectivity index (χ2n) is 10.4. The molecule has 0 saturated heterocycles. The second-order valence-corrected chi connectivity index (χ2v) is 11.2. The van der Waals surface area contributed by atoms with E-state index in [1.54, 1.807) is 18.2 Å². The van der Waals surface area contributed by atoms with E-state index in [1.165, 1.54) is 51.6 Å². The molecule has 3 atom stereocenters. The summed E-state index contributed by atoms with van der Waals surface area (Å²) in [4.78, 5) is 38.3. The molecule has 45 heavy (non-hydrogen) atoms. The molecule has 2 amide bonds. The fraction of sp³-hybridized carbons (Fsp3) is 0.483. The van der Waals surface area contributed by atoms with Crippen LogP contribution in [0, 0.1) is 11.8 Å². The van der Waals surface area contributed by atoms with Crippen LogP contribution in [-0.4, -0.2) is 69.2 Å². The molecule has 0 fully saturated rings. The van der Waals surface area contributed by atoms with E-state index in [0.717, 1.165) is 0 Å². The van der Waals surface area contributed by atoms with Gasteiger partial charge in [-0.25, -0.2) is 0 Å². The highest BCUT2D eigenvalue weighted by Crippen LogP contribution is 2.31. The first-order valence-electron chi connectivity index (χ1n) is 13.5. The van der Waals surface area contributed by atoms with E-state index >= 15 is 8.78 Å². The average Bonchev–Trinajstić information content (AvgIpc) is 2.94. The topological polar surface area (TPSA) is 129 Å². The van der Waals surface area contributed by atoms with Crippen LogP contribution in [0.25, 0.3) is 0 Å². The van der Waals surface area contributed by atoms with Gasteiger partial charge in [-0.05, 0) is 48.2 Å². The van der Waals surface area contributed by atoms with Crippen LogP contribution in [-0.2, 0) is 20.8 Å². The van der Waals surface area contributed by atoms with Crippen molar-refractivity contribution in [2.24, 2.45) is 17.6 Å². The first-order chi connectivity index (χ1) is 20.9. The quantitative estimate of drug-likeness (QED) is 0.168. The third kappa shape index (κ3) is 11.2. The monoisotopic (exact) mass is 685 g/mol. The molecule has 250 valence electrons. The van der Waals surface area contributed by atoms with Gasteiger partial charge in [0.05, 0.1) is 20.6 Å². The molecule has 16 heteroatoms. The molecule has 0 spiro atoms. The van der Waals surface area contributed by atoms with Crippen molar-refractivity contribution < 1.29 is 50.5 Å². The molecule has 0 aliphatic heterocycles. The summed E-state index contributed by atoms with van der Waals surface area (Å²) in [6, 6.07) is 6.29. The van der Waals surface area contributed by atoms with E-state index in [4.69, 9.17) is 43.1 Å². The van der Waals surface area contributed by atoms with Crippen molar-refractivity contribution >= 4 is 40.8 Å². The lowest BCUT2D eigenvalue weighted by Gasteiger charge is -2.34. The third-order valence-electron chi connectivity index (χ3n) is 6.64. The fourth-order valence-corrected chi connectivity index (χ4v) is 4.98. The molecule has 0 saturated carbocycles. The molecule has 0 aromatic heterocycles. The van der Waals surface area contributed by atoms with Gasteiger partial charge in [0.1, 0.15) is 5.75 Å². The van der Waals surface area contributed by atoms with Gasteiger partial charge in [0.15, 0.2) is 18.1 Å². The predicted molar refractivity (Wildman–Crippen MR) is 157 cm³/mol. The summed E-state index contributed by atoms with van der Waals surface area (Å²) in [5.41, 5.74) is 6.91. The zero-order valence-corrected chi connectivity index (χ0v) is 26.3. The lowest BCUT2D eigenvalue weighted by molar-refractivity contribution is -0.163. The Morgan fingerprint density at radius 1 is 0.933 bits per heavy atom. The van der Waals surface area contributed by atoms with Crippen LogP contribution in [0.1, 0.15) is 25.8 Å². The number of nitrogens with one attached hydrogen (secondary N) is 2. The Balaban J connectivity index is 2.37. The largest absolute Gasteiger partial charge is 0.493 e. The highest BCUT2D eigenvalue weighted by atomic mass is 35.5. The Bertz CT molecular complexity index is 1330. The van der Waals surface area contributed by atoms with E-state index in [9.17, 15) is 27.6 Å². The van der Waals surface area contributed by atoms with Crippen LogP contribution in [0.4, 0.5) is 22.0 Å². The van der Waals surface area contributed by atoms with Gasteiger partial charge in [0, 0.05) is 34.6 Å². The number of nitrogens with two attached hydrogens (primary N) is 1. The average molecular weight is 687 g/mol. The number of Topliss-reactive ketones (excluding diaryl/α,β-unsaturated/α-hetero) is 1. The first-order valence-corrected chi connectivity index (χ1v) is 14.3. The Labute approximate surface area is 266 Å². The molecule has 2 aromatic carbocycles. The summed E-state index contributed by atoms with van der Waals surface area (Å²) in [6.45, 7) is 1.08. The van der Waals surface area contributed by atoms with Gasteiger partial charge in [-0.3, -0.25) is 14.4 Å². The number of halogens is 7. The van der Waals surface area contributed by atoms with Gasteiger partial charge in [-0.2, -0.15) is 22.0 Å². The van der Waals surface area contributed by atoms with Crippen molar-refractivity contribution in [2.45, 2.75) is 50.9 Å². The molecular weight excluding hydrogens is 652 g/mol. The number of hydrogen-bond acceptors (Lipinski definition) is 7. The number of benzene rings is 2. The van der Waals surface area contributed by atoms with Crippen LogP contribution < -0.4 is 30.6 Å². The maximum atomic E-state index is 15.1. The van der Waals surface area contributed by atoms with Gasteiger partial charge < -0.3 is 30.6 Å². The van der Waals surface area contributed by atoms with Crippen molar-refractivity contribution in [1.29, 1.82) is 0 Å². The molecule has 0 heterocycles. The normalized spacial score (nSPS) is 13.9. The number of amides is 2. The number of carbonyl (C=O) groups excluding carboxylic acids is 3. The fourth-order valence-electron chi connectivity index (χ4n) is 4.48. The Kier molecular flexibility index (Phi) is 13.7. The highest BCUT2D eigenvalue weighted by Gasteiger charge is 2.53. The highest BCUT2D eigenvalue weighted by molar-refractivity contribution is 6.34. The number of carbonyl (C=O) groups is 3. The summed E-state index contributed by atoms with van der Waals surface area (Å²) < 4.78 is 83.5. The molecule has 0 radical (unpaired) electrons. The van der Waals surface area contributed by atoms with Crippen molar-refractivity contribution in [1.82, 2.24) is 10.6 Å². The summed E-state index contributed by atoms with van der Waals surface area (Å²) in [7, 11) is 2.81. The van der Waals surface area contributed by atoms with Gasteiger partial charge in [-0.15, -0.1) is 0 Å². The Morgan fingerprint density at radius 3 is 2.07 bits per heavy atom. The molecule has 0 bridgehead atoms. The van der Waals surface area contributed by atoms with E-state index in [-0.39, 0.29) is 22.2 Å². The number of ketones is 1. The van der Waals surface area contributed by atoms with E-state index in [2.05, 4.69) is 5.32 Å². The van der Waals surface area contributed by atoms with Crippen LogP contribution >= 0.6 is 23.2 Å². The summed E-state index contributed by atoms with van der Waals surface area (Å²) in [6.07, 6.45) is -6.39. The molecule has 2 rings (SSSR count). The van der Waals surface area contributed by atoms with Crippen LogP contribution in [0.2, 0.25) is 10.0 Å². The van der Waals surface area contributed by atoms with Crippen molar-refractivity contribution in [3.05, 3.63) is 52.0 Å². The molecule has 9 nitrogen and oxygen atoms in total. The minimum atomic E-state index is -4.72. The number of methoxy groups -OCH3 is 2. The predicted octanol–water partition coefficient (Wildman–Crippen LogP) is 4.99. The summed E-state index contributed by atoms with van der Waals surface area (Å²) in [5, 5.41) is 4.55. The number of hydrogen-bond donors (Lipinski definition) is 3. The minimum absolute atomic E-state index is 0.101. The second kappa shape index (κ2) is 16.3. The summed E-state index contributed by atoms with van der Waals surface area (Å²) >= 11 is 11.9. The van der Waals surface area contributed by atoms with Crippen LogP contribution in [0.15, 0.2) is 36.4 Å². The zero-order valence-electron chi connectivity index (χ0n) is 24.8.